The fourth-order valence-electron chi connectivity index (χ4n) is 1.33. The fraction of sp³-hybridized carbons (Fsp3) is 0.200. The summed E-state index contributed by atoms with van der Waals surface area (Å²) >= 11 is 0. The standard InChI is InChI=1S/C10H11N3O3S/c1-17(14,15)6-9-12-10(13-16-9)7-3-2-4-8(11)5-7/h2-5H,6,11H2,1H3. The van der Waals surface area contributed by atoms with Gasteiger partial charge in [0.2, 0.25) is 11.7 Å². The Morgan fingerprint density at radius 1 is 1.41 bits per heavy atom. The number of rotatable bonds is 3. The first-order chi connectivity index (χ1) is 7.94. The van der Waals surface area contributed by atoms with Crippen molar-refractivity contribution in [2.24, 2.45) is 0 Å². The molecule has 0 saturated carbocycles. The maximum Gasteiger partial charge on any atom is 0.242 e. The first-order valence-corrected chi connectivity index (χ1v) is 6.86. The molecule has 0 unspecified atom stereocenters. The van der Waals surface area contributed by atoms with E-state index in [0.29, 0.717) is 17.1 Å². The number of hydrogen-bond acceptors (Lipinski definition) is 6. The molecule has 17 heavy (non-hydrogen) atoms. The van der Waals surface area contributed by atoms with Crippen molar-refractivity contribution in [3.05, 3.63) is 30.2 Å². The van der Waals surface area contributed by atoms with Gasteiger partial charge in [0.05, 0.1) is 0 Å². The predicted molar refractivity (Wildman–Crippen MR) is 62.7 cm³/mol. The highest BCUT2D eigenvalue weighted by atomic mass is 32.2. The van der Waals surface area contributed by atoms with E-state index in [1.54, 1.807) is 24.3 Å². The van der Waals surface area contributed by atoms with Gasteiger partial charge in [0.25, 0.3) is 0 Å². The van der Waals surface area contributed by atoms with Crippen molar-refractivity contribution in [1.82, 2.24) is 10.1 Å². The molecule has 1 aromatic carbocycles. The lowest BCUT2D eigenvalue weighted by atomic mass is 10.2. The zero-order valence-electron chi connectivity index (χ0n) is 9.12. The van der Waals surface area contributed by atoms with Crippen LogP contribution in [0.25, 0.3) is 11.4 Å². The largest absolute Gasteiger partial charge is 0.399 e. The third-order valence-corrected chi connectivity index (χ3v) is 2.77. The molecule has 2 N–H and O–H groups in total. The van der Waals surface area contributed by atoms with E-state index >= 15 is 0 Å². The minimum atomic E-state index is -3.18. The smallest absolute Gasteiger partial charge is 0.242 e. The molecule has 0 spiro atoms. The van der Waals surface area contributed by atoms with Gasteiger partial charge in [0.15, 0.2) is 9.84 Å². The molecule has 0 fully saturated rings. The monoisotopic (exact) mass is 253 g/mol. The first-order valence-electron chi connectivity index (χ1n) is 4.80. The van der Waals surface area contributed by atoms with E-state index in [2.05, 4.69) is 10.1 Å². The van der Waals surface area contributed by atoms with Gasteiger partial charge >= 0.3 is 0 Å². The van der Waals surface area contributed by atoms with Gasteiger partial charge in [0, 0.05) is 17.5 Å². The van der Waals surface area contributed by atoms with Crippen molar-refractivity contribution >= 4 is 15.5 Å². The van der Waals surface area contributed by atoms with Gasteiger partial charge in [0.1, 0.15) is 5.75 Å². The Bertz CT molecular complexity index is 634. The highest BCUT2D eigenvalue weighted by Crippen LogP contribution is 2.18. The molecule has 0 aliphatic heterocycles. The summed E-state index contributed by atoms with van der Waals surface area (Å²) in [6, 6.07) is 6.96. The molecule has 0 aliphatic carbocycles. The second-order valence-electron chi connectivity index (χ2n) is 3.71. The van der Waals surface area contributed by atoms with Crippen LogP contribution in [0.4, 0.5) is 5.69 Å². The predicted octanol–water partition coefficient (Wildman–Crippen LogP) is 0.863. The van der Waals surface area contributed by atoms with Gasteiger partial charge in [-0.3, -0.25) is 0 Å². The lowest BCUT2D eigenvalue weighted by Gasteiger charge is -1.95. The molecular formula is C10H11N3O3S. The molecule has 0 amide bonds. The van der Waals surface area contributed by atoms with Gasteiger partial charge in [-0.25, -0.2) is 8.42 Å². The Morgan fingerprint density at radius 3 is 2.82 bits per heavy atom. The molecule has 1 aromatic heterocycles. The Hall–Kier alpha value is -1.89. The fourth-order valence-corrected chi connectivity index (χ4v) is 1.90. The van der Waals surface area contributed by atoms with Gasteiger partial charge in [-0.05, 0) is 12.1 Å². The average molecular weight is 253 g/mol. The number of nitrogens with zero attached hydrogens (tertiary/aromatic N) is 2. The number of hydrogen-bond donors (Lipinski definition) is 1. The van der Waals surface area contributed by atoms with Crippen LogP contribution in [-0.4, -0.2) is 24.8 Å². The minimum Gasteiger partial charge on any atom is -0.399 e. The third kappa shape index (κ3) is 3.04. The summed E-state index contributed by atoms with van der Waals surface area (Å²) in [6.45, 7) is 0. The zero-order valence-corrected chi connectivity index (χ0v) is 9.94. The van der Waals surface area contributed by atoms with Gasteiger partial charge in [-0.2, -0.15) is 4.98 Å². The number of aromatic nitrogens is 2. The maximum absolute atomic E-state index is 11.1. The normalized spacial score (nSPS) is 11.6. The zero-order chi connectivity index (χ0) is 12.5. The molecule has 90 valence electrons. The van der Waals surface area contributed by atoms with E-state index < -0.39 is 9.84 Å². The summed E-state index contributed by atoms with van der Waals surface area (Å²) in [5.41, 5.74) is 6.89. The molecule has 0 saturated heterocycles. The Labute approximate surface area is 98.4 Å². The van der Waals surface area contributed by atoms with Crippen LogP contribution in [0.5, 0.6) is 0 Å². The maximum atomic E-state index is 11.1. The third-order valence-electron chi connectivity index (χ3n) is 2.00. The Kier molecular flexibility index (Phi) is 2.84. The van der Waals surface area contributed by atoms with E-state index in [4.69, 9.17) is 10.3 Å². The summed E-state index contributed by atoms with van der Waals surface area (Å²) in [5, 5.41) is 3.71. The molecule has 7 heteroatoms. The SMILES string of the molecule is CS(=O)(=O)Cc1nc(-c2cccc(N)c2)no1. The summed E-state index contributed by atoms with van der Waals surface area (Å²) < 4.78 is 27.0. The van der Waals surface area contributed by atoms with Crippen molar-refractivity contribution < 1.29 is 12.9 Å². The molecule has 0 aliphatic rings. The summed E-state index contributed by atoms with van der Waals surface area (Å²) in [5.74, 6) is 0.142. The van der Waals surface area contributed by atoms with Crippen LogP contribution in [-0.2, 0) is 15.6 Å². The second kappa shape index (κ2) is 4.17. The molecule has 0 atom stereocenters. The van der Waals surface area contributed by atoms with E-state index in [1.807, 2.05) is 0 Å². The Balaban J connectivity index is 2.30. The quantitative estimate of drug-likeness (QED) is 0.814. The first kappa shape index (κ1) is 11.6. The van der Waals surface area contributed by atoms with Crippen LogP contribution in [0.15, 0.2) is 28.8 Å². The van der Waals surface area contributed by atoms with E-state index in [-0.39, 0.29) is 11.6 Å². The lowest BCUT2D eigenvalue weighted by Crippen LogP contribution is -2.00. The number of anilines is 1. The molecule has 0 radical (unpaired) electrons. The summed E-state index contributed by atoms with van der Waals surface area (Å²) in [6.07, 6.45) is 1.11. The number of nitrogen functional groups attached to an aromatic ring is 1. The second-order valence-corrected chi connectivity index (χ2v) is 5.85. The van der Waals surface area contributed by atoms with E-state index in [1.165, 1.54) is 0 Å². The van der Waals surface area contributed by atoms with Crippen LogP contribution < -0.4 is 5.73 Å². The lowest BCUT2D eigenvalue weighted by molar-refractivity contribution is 0.389. The van der Waals surface area contributed by atoms with Gasteiger partial charge in [-0.1, -0.05) is 17.3 Å². The minimum absolute atomic E-state index is 0.0740. The Morgan fingerprint density at radius 2 is 2.18 bits per heavy atom. The van der Waals surface area contributed by atoms with E-state index in [9.17, 15) is 8.42 Å². The van der Waals surface area contributed by atoms with Gasteiger partial charge < -0.3 is 10.3 Å². The van der Waals surface area contributed by atoms with Crippen molar-refractivity contribution in [2.75, 3.05) is 12.0 Å². The van der Waals surface area contributed by atoms with Crippen LogP contribution in [0.1, 0.15) is 5.89 Å². The van der Waals surface area contributed by atoms with E-state index in [0.717, 1.165) is 6.26 Å². The van der Waals surface area contributed by atoms with Crippen LogP contribution in [0, 0.1) is 0 Å². The number of sulfone groups is 1. The molecule has 2 rings (SSSR count). The van der Waals surface area contributed by atoms with Crippen LogP contribution in [0.2, 0.25) is 0 Å². The molecule has 2 aromatic rings. The molecular weight excluding hydrogens is 242 g/mol. The number of nitrogens with two attached hydrogens (primary N) is 1. The molecule has 6 nitrogen and oxygen atoms in total. The highest BCUT2D eigenvalue weighted by molar-refractivity contribution is 7.89. The number of benzene rings is 1. The molecule has 1 heterocycles. The summed E-state index contributed by atoms with van der Waals surface area (Å²) in [7, 11) is -3.18. The van der Waals surface area contributed by atoms with Crippen LogP contribution in [0.3, 0.4) is 0 Å². The van der Waals surface area contributed by atoms with Crippen molar-refractivity contribution in [1.29, 1.82) is 0 Å². The van der Waals surface area contributed by atoms with Crippen molar-refractivity contribution in [3.63, 3.8) is 0 Å². The highest BCUT2D eigenvalue weighted by Gasteiger charge is 2.13. The van der Waals surface area contributed by atoms with Crippen molar-refractivity contribution in [2.45, 2.75) is 5.75 Å². The average Bonchev–Trinajstić information content (AvgIpc) is 2.63. The topological polar surface area (TPSA) is 99.1 Å². The van der Waals surface area contributed by atoms with Crippen LogP contribution >= 0.6 is 0 Å². The van der Waals surface area contributed by atoms with Crippen molar-refractivity contribution in [3.8, 4) is 11.4 Å². The summed E-state index contributed by atoms with van der Waals surface area (Å²) in [4.78, 5) is 3.99. The van der Waals surface area contributed by atoms with Gasteiger partial charge in [-0.15, -0.1) is 0 Å². The molecule has 0 bridgehead atoms.